The van der Waals surface area contributed by atoms with Gasteiger partial charge in [0.25, 0.3) is 0 Å². The van der Waals surface area contributed by atoms with Crippen LogP contribution < -0.4 is 11.5 Å². The molecule has 0 aliphatic carbocycles. The first kappa shape index (κ1) is 40.7. The highest BCUT2D eigenvalue weighted by Crippen LogP contribution is 2.55. The van der Waals surface area contributed by atoms with Crippen molar-refractivity contribution >= 4 is 24.1 Å². The third-order valence-electron chi connectivity index (χ3n) is 10.0. The molecule has 0 bridgehead atoms. The molecule has 0 aromatic rings. The molecular weight excluding hydrogens is 616 g/mol. The highest BCUT2D eigenvalue weighted by atomic mass is 16.6. The number of carbonyl (C=O) groups excluding carboxylic acids is 4. The number of esters is 2. The zero-order chi connectivity index (χ0) is 36.6. The van der Waals surface area contributed by atoms with E-state index in [1.807, 2.05) is 12.4 Å². The monoisotopic (exact) mass is 678 g/mol. The zero-order valence-corrected chi connectivity index (χ0v) is 31.1. The van der Waals surface area contributed by atoms with Gasteiger partial charge in [0.15, 0.2) is 0 Å². The topological polar surface area (TPSA) is 164 Å². The van der Waals surface area contributed by atoms with Crippen LogP contribution in [0.15, 0.2) is 24.6 Å². The van der Waals surface area contributed by atoms with E-state index < -0.39 is 51.9 Å². The summed E-state index contributed by atoms with van der Waals surface area (Å²) in [4.78, 5) is 53.0. The quantitative estimate of drug-likeness (QED) is 0.0886. The molecule has 0 atom stereocenters. The van der Waals surface area contributed by atoms with Crippen LogP contribution in [-0.4, -0.2) is 81.5 Å². The summed E-state index contributed by atoms with van der Waals surface area (Å²) in [5.74, 6) is -0.956. The lowest BCUT2D eigenvalue weighted by atomic mass is 9.57. The SMILES string of the molecule is CCOC(=O)C=CN1C(C)(C)CC(C(CCCCCOC(N)=O)(OC(N)=O)C2CC(C)(C)N(C=CC(=O)OCC)C(C)(C)C2)CC1(C)C. The summed E-state index contributed by atoms with van der Waals surface area (Å²) in [6, 6.07) is 0. The number of likely N-dealkylation sites (tertiary alicyclic amines) is 2. The average molecular weight is 679 g/mol. The highest BCUT2D eigenvalue weighted by Gasteiger charge is 2.59. The molecule has 0 spiro atoms. The summed E-state index contributed by atoms with van der Waals surface area (Å²) in [7, 11) is 0. The van der Waals surface area contributed by atoms with Gasteiger partial charge in [-0.3, -0.25) is 0 Å². The van der Waals surface area contributed by atoms with Crippen LogP contribution >= 0.6 is 0 Å². The number of nitrogens with two attached hydrogens (primary N) is 2. The lowest BCUT2D eigenvalue weighted by Crippen LogP contribution is -2.67. The fourth-order valence-corrected chi connectivity index (χ4v) is 8.74. The molecule has 2 aliphatic heterocycles. The number of nitrogens with zero attached hydrogens (tertiary/aromatic N) is 2. The lowest BCUT2D eigenvalue weighted by Gasteiger charge is -2.63. The second-order valence-electron chi connectivity index (χ2n) is 15.7. The molecule has 4 N–H and O–H groups in total. The predicted molar refractivity (Wildman–Crippen MR) is 184 cm³/mol. The molecule has 0 aromatic heterocycles. The Morgan fingerprint density at radius 3 is 1.38 bits per heavy atom. The van der Waals surface area contributed by atoms with Crippen LogP contribution in [0.25, 0.3) is 0 Å². The van der Waals surface area contributed by atoms with E-state index in [-0.39, 0.29) is 18.4 Å². The Labute approximate surface area is 287 Å². The van der Waals surface area contributed by atoms with E-state index >= 15 is 0 Å². The highest BCUT2D eigenvalue weighted by molar-refractivity contribution is 5.82. The third kappa shape index (κ3) is 10.5. The van der Waals surface area contributed by atoms with Gasteiger partial charge in [0, 0.05) is 58.5 Å². The summed E-state index contributed by atoms with van der Waals surface area (Å²) >= 11 is 0. The molecule has 2 amide bonds. The molecule has 2 fully saturated rings. The fraction of sp³-hybridized carbons (Fsp3) is 0.778. The van der Waals surface area contributed by atoms with Gasteiger partial charge in [-0.05, 0) is 121 Å². The Balaban J connectivity index is 2.61. The molecule has 0 radical (unpaired) electrons. The number of hydrogen-bond acceptors (Lipinski definition) is 10. The fourth-order valence-electron chi connectivity index (χ4n) is 8.74. The number of ether oxygens (including phenoxy) is 4. The van der Waals surface area contributed by atoms with E-state index in [0.717, 1.165) is 6.42 Å². The standard InChI is InChI=1S/C36H62N4O8/c1-11-45-28(41)16-19-39-32(3,4)22-26(23-33(39,5)6)36(48-31(38)44,18-14-13-15-21-47-30(37)43)27-24-34(7,8)40(35(9,10)25-27)20-17-29(42)46-12-2/h16-17,19-20,26-27H,11-15,18,21-25H2,1-10H3,(H2,37,43)(H2,38,44). The summed E-state index contributed by atoms with van der Waals surface area (Å²) < 4.78 is 21.7. The molecule has 12 nitrogen and oxygen atoms in total. The van der Waals surface area contributed by atoms with Crippen LogP contribution in [-0.2, 0) is 28.5 Å². The van der Waals surface area contributed by atoms with Crippen molar-refractivity contribution in [2.75, 3.05) is 19.8 Å². The molecule has 2 saturated heterocycles. The predicted octanol–water partition coefficient (Wildman–Crippen LogP) is 6.17. The minimum Gasteiger partial charge on any atom is -0.463 e. The zero-order valence-electron chi connectivity index (χ0n) is 31.1. The molecular formula is C36H62N4O8. The molecule has 0 saturated carbocycles. The van der Waals surface area contributed by atoms with Gasteiger partial charge in [-0.1, -0.05) is 0 Å². The smallest absolute Gasteiger partial charge is 0.405 e. The van der Waals surface area contributed by atoms with Crippen LogP contribution in [0.2, 0.25) is 0 Å². The first-order valence-corrected chi connectivity index (χ1v) is 17.3. The molecule has 2 rings (SSSR count). The number of unbranched alkanes of at least 4 members (excludes halogenated alkanes) is 2. The molecule has 0 aromatic carbocycles. The normalized spacial score (nSPS) is 21.9. The van der Waals surface area contributed by atoms with Crippen molar-refractivity contribution in [1.82, 2.24) is 9.80 Å². The summed E-state index contributed by atoms with van der Waals surface area (Å²) in [6.45, 7) is 21.5. The minimum absolute atomic E-state index is 0.0812. The van der Waals surface area contributed by atoms with Crippen LogP contribution in [0, 0.1) is 11.8 Å². The van der Waals surface area contributed by atoms with Gasteiger partial charge in [-0.2, -0.15) is 0 Å². The second kappa shape index (κ2) is 16.3. The first-order chi connectivity index (χ1) is 22.1. The molecule has 2 heterocycles. The molecule has 12 heteroatoms. The van der Waals surface area contributed by atoms with Crippen LogP contribution in [0.1, 0.15) is 121 Å². The Hall–Kier alpha value is -3.44. The molecule has 48 heavy (non-hydrogen) atoms. The van der Waals surface area contributed by atoms with Crippen LogP contribution in [0.3, 0.4) is 0 Å². The molecule has 2 aliphatic rings. The Bertz CT molecular complexity index is 1090. The minimum atomic E-state index is -0.923. The van der Waals surface area contributed by atoms with Crippen molar-refractivity contribution in [1.29, 1.82) is 0 Å². The third-order valence-corrected chi connectivity index (χ3v) is 10.0. The number of carbonyl (C=O) groups is 4. The summed E-state index contributed by atoms with van der Waals surface area (Å²) in [6.07, 6.45) is 10.3. The van der Waals surface area contributed by atoms with Gasteiger partial charge in [0.05, 0.1) is 19.8 Å². The maximum Gasteiger partial charge on any atom is 0.405 e. The number of primary amides is 2. The van der Waals surface area contributed by atoms with Gasteiger partial charge in [0.1, 0.15) is 5.60 Å². The van der Waals surface area contributed by atoms with Gasteiger partial charge in [0.2, 0.25) is 0 Å². The Kier molecular flexibility index (Phi) is 13.8. The lowest BCUT2D eigenvalue weighted by molar-refractivity contribution is -0.165. The van der Waals surface area contributed by atoms with Crippen molar-refractivity contribution in [3.8, 4) is 0 Å². The van der Waals surface area contributed by atoms with Gasteiger partial charge in [-0.25, -0.2) is 19.2 Å². The van der Waals surface area contributed by atoms with E-state index in [4.69, 9.17) is 30.4 Å². The van der Waals surface area contributed by atoms with E-state index in [1.54, 1.807) is 13.8 Å². The van der Waals surface area contributed by atoms with Crippen molar-refractivity contribution in [2.24, 2.45) is 23.3 Å². The number of piperidine rings is 2. The van der Waals surface area contributed by atoms with E-state index in [9.17, 15) is 19.2 Å². The number of hydrogen-bond donors (Lipinski definition) is 2. The second-order valence-corrected chi connectivity index (χ2v) is 15.7. The van der Waals surface area contributed by atoms with Crippen LogP contribution in [0.5, 0.6) is 0 Å². The Morgan fingerprint density at radius 2 is 1.04 bits per heavy atom. The van der Waals surface area contributed by atoms with E-state index in [2.05, 4.69) is 65.2 Å². The maximum atomic E-state index is 12.9. The van der Waals surface area contributed by atoms with E-state index in [0.29, 0.717) is 58.2 Å². The molecule has 274 valence electrons. The van der Waals surface area contributed by atoms with Crippen LogP contribution in [0.4, 0.5) is 9.59 Å². The Morgan fingerprint density at radius 1 is 0.646 bits per heavy atom. The average Bonchev–Trinajstić information content (AvgIpc) is 2.91. The largest absolute Gasteiger partial charge is 0.463 e. The van der Waals surface area contributed by atoms with Crippen molar-refractivity contribution in [3.63, 3.8) is 0 Å². The number of rotatable bonds is 15. The molecule has 0 unspecified atom stereocenters. The van der Waals surface area contributed by atoms with Gasteiger partial charge >= 0.3 is 24.1 Å². The summed E-state index contributed by atoms with van der Waals surface area (Å²) in [5, 5.41) is 0. The van der Waals surface area contributed by atoms with Crippen molar-refractivity contribution < 1.29 is 38.1 Å². The van der Waals surface area contributed by atoms with Gasteiger partial charge < -0.3 is 40.2 Å². The van der Waals surface area contributed by atoms with Crippen molar-refractivity contribution in [2.45, 2.75) is 148 Å². The van der Waals surface area contributed by atoms with Crippen molar-refractivity contribution in [3.05, 3.63) is 24.6 Å². The van der Waals surface area contributed by atoms with E-state index in [1.165, 1.54) is 12.2 Å². The maximum absolute atomic E-state index is 12.9. The first-order valence-electron chi connectivity index (χ1n) is 17.3. The van der Waals surface area contributed by atoms with Gasteiger partial charge in [-0.15, -0.1) is 0 Å². The number of amides is 2. The summed E-state index contributed by atoms with van der Waals surface area (Å²) in [5.41, 5.74) is 8.47.